The lowest BCUT2D eigenvalue weighted by molar-refractivity contribution is -0.136. The van der Waals surface area contributed by atoms with Crippen LogP contribution in [-0.4, -0.2) is 55.0 Å². The Morgan fingerprint density at radius 1 is 1.06 bits per heavy atom. The summed E-state index contributed by atoms with van der Waals surface area (Å²) in [5.74, 6) is 0.630. The van der Waals surface area contributed by atoms with Crippen LogP contribution < -0.4 is 5.73 Å². The van der Waals surface area contributed by atoms with Crippen molar-refractivity contribution in [1.82, 2.24) is 9.80 Å². The third-order valence-electron chi connectivity index (χ3n) is 4.15. The summed E-state index contributed by atoms with van der Waals surface area (Å²) in [6.07, 6.45) is 5.13. The molecule has 17 heavy (non-hydrogen) atoms. The van der Waals surface area contributed by atoms with E-state index in [2.05, 4.69) is 16.8 Å². The standard InChI is InChI=1S/C13H25N3O/c1-15-7-2-8-16(10-9-15)13(17)11-3-5-12(14)6-4-11/h11-12H,2-10,14H2,1H3. The summed E-state index contributed by atoms with van der Waals surface area (Å²) in [5, 5.41) is 0. The molecule has 1 aliphatic carbocycles. The molecule has 0 atom stereocenters. The monoisotopic (exact) mass is 239 g/mol. The average Bonchev–Trinajstić information content (AvgIpc) is 2.54. The van der Waals surface area contributed by atoms with E-state index < -0.39 is 0 Å². The number of nitrogens with two attached hydrogens (primary N) is 1. The zero-order valence-corrected chi connectivity index (χ0v) is 10.9. The van der Waals surface area contributed by atoms with Crippen LogP contribution in [0.25, 0.3) is 0 Å². The van der Waals surface area contributed by atoms with Gasteiger partial charge in [0.15, 0.2) is 0 Å². The molecular weight excluding hydrogens is 214 g/mol. The molecule has 2 N–H and O–H groups in total. The van der Waals surface area contributed by atoms with E-state index in [9.17, 15) is 4.79 Å². The van der Waals surface area contributed by atoms with Crippen LogP contribution in [0.1, 0.15) is 32.1 Å². The Hall–Kier alpha value is -0.610. The van der Waals surface area contributed by atoms with Crippen molar-refractivity contribution in [3.8, 4) is 0 Å². The predicted octanol–water partition coefficient (Wildman–Crippen LogP) is 0.668. The first-order valence-corrected chi connectivity index (χ1v) is 6.89. The molecule has 4 nitrogen and oxygen atoms in total. The highest BCUT2D eigenvalue weighted by Gasteiger charge is 2.28. The van der Waals surface area contributed by atoms with E-state index in [1.54, 1.807) is 0 Å². The summed E-state index contributed by atoms with van der Waals surface area (Å²) in [6, 6.07) is 0.328. The van der Waals surface area contributed by atoms with Crippen molar-refractivity contribution in [2.45, 2.75) is 38.1 Å². The fourth-order valence-corrected chi connectivity index (χ4v) is 2.89. The van der Waals surface area contributed by atoms with Gasteiger partial charge in [-0.3, -0.25) is 4.79 Å². The zero-order chi connectivity index (χ0) is 12.3. The van der Waals surface area contributed by atoms with Gasteiger partial charge < -0.3 is 15.5 Å². The van der Waals surface area contributed by atoms with E-state index in [1.807, 2.05) is 0 Å². The van der Waals surface area contributed by atoms with E-state index in [-0.39, 0.29) is 5.92 Å². The molecule has 2 rings (SSSR count). The molecule has 1 saturated carbocycles. The molecule has 0 aromatic rings. The zero-order valence-electron chi connectivity index (χ0n) is 10.9. The second-order valence-electron chi connectivity index (χ2n) is 5.59. The SMILES string of the molecule is CN1CCCN(C(=O)C2CCC(N)CC2)CC1. The topological polar surface area (TPSA) is 49.6 Å². The molecule has 0 aromatic carbocycles. The first kappa shape index (κ1) is 12.8. The highest BCUT2D eigenvalue weighted by atomic mass is 16.2. The Balaban J connectivity index is 1.86. The molecular formula is C13H25N3O. The molecule has 4 heteroatoms. The molecule has 98 valence electrons. The Kier molecular flexibility index (Phi) is 4.40. The van der Waals surface area contributed by atoms with Gasteiger partial charge in [-0.1, -0.05) is 0 Å². The van der Waals surface area contributed by atoms with E-state index in [0.29, 0.717) is 11.9 Å². The van der Waals surface area contributed by atoms with E-state index in [0.717, 1.165) is 58.3 Å². The maximum absolute atomic E-state index is 12.4. The van der Waals surface area contributed by atoms with Gasteiger partial charge in [0.25, 0.3) is 0 Å². The van der Waals surface area contributed by atoms with E-state index >= 15 is 0 Å². The van der Waals surface area contributed by atoms with E-state index in [1.165, 1.54) is 0 Å². The molecule has 0 radical (unpaired) electrons. The van der Waals surface area contributed by atoms with Crippen LogP contribution in [0.2, 0.25) is 0 Å². The average molecular weight is 239 g/mol. The van der Waals surface area contributed by atoms with Crippen molar-refractivity contribution in [1.29, 1.82) is 0 Å². The second-order valence-corrected chi connectivity index (χ2v) is 5.59. The molecule has 1 saturated heterocycles. The van der Waals surface area contributed by atoms with Crippen molar-refractivity contribution >= 4 is 5.91 Å². The molecule has 0 bridgehead atoms. The highest BCUT2D eigenvalue weighted by molar-refractivity contribution is 5.79. The maximum Gasteiger partial charge on any atom is 0.225 e. The first-order valence-electron chi connectivity index (χ1n) is 6.89. The number of likely N-dealkylation sites (N-methyl/N-ethyl adjacent to an activating group) is 1. The summed E-state index contributed by atoms with van der Waals surface area (Å²) in [7, 11) is 2.13. The fraction of sp³-hybridized carbons (Fsp3) is 0.923. The normalized spacial score (nSPS) is 32.2. The third kappa shape index (κ3) is 3.42. The summed E-state index contributed by atoms with van der Waals surface area (Å²) in [4.78, 5) is 16.8. The Bertz CT molecular complexity index is 261. The number of carbonyl (C=O) groups excluding carboxylic acids is 1. The van der Waals surface area contributed by atoms with Crippen molar-refractivity contribution in [2.24, 2.45) is 11.7 Å². The predicted molar refractivity (Wildman–Crippen MR) is 68.6 cm³/mol. The van der Waals surface area contributed by atoms with Crippen LogP contribution in [-0.2, 0) is 4.79 Å². The number of nitrogens with zero attached hydrogens (tertiary/aromatic N) is 2. The molecule has 1 heterocycles. The highest BCUT2D eigenvalue weighted by Crippen LogP contribution is 2.25. The fourth-order valence-electron chi connectivity index (χ4n) is 2.89. The smallest absolute Gasteiger partial charge is 0.225 e. The van der Waals surface area contributed by atoms with Gasteiger partial charge in [0.05, 0.1) is 0 Å². The van der Waals surface area contributed by atoms with Gasteiger partial charge in [0.2, 0.25) is 5.91 Å². The summed E-state index contributed by atoms with van der Waals surface area (Å²) < 4.78 is 0. The number of carbonyl (C=O) groups is 1. The van der Waals surface area contributed by atoms with Crippen LogP contribution >= 0.6 is 0 Å². The summed E-state index contributed by atoms with van der Waals surface area (Å²) in [6.45, 7) is 3.96. The minimum atomic E-state index is 0.248. The Morgan fingerprint density at radius 2 is 1.76 bits per heavy atom. The number of hydrogen-bond acceptors (Lipinski definition) is 3. The van der Waals surface area contributed by atoms with Crippen molar-refractivity contribution in [3.63, 3.8) is 0 Å². The second kappa shape index (κ2) is 5.83. The van der Waals surface area contributed by atoms with Gasteiger partial charge in [0.1, 0.15) is 0 Å². The molecule has 0 unspecified atom stereocenters. The van der Waals surface area contributed by atoms with Crippen molar-refractivity contribution < 1.29 is 4.79 Å². The Labute approximate surface area is 104 Å². The lowest BCUT2D eigenvalue weighted by atomic mass is 9.85. The lowest BCUT2D eigenvalue weighted by Gasteiger charge is -2.30. The summed E-state index contributed by atoms with van der Waals surface area (Å²) >= 11 is 0. The third-order valence-corrected chi connectivity index (χ3v) is 4.15. The maximum atomic E-state index is 12.4. The van der Waals surface area contributed by atoms with Gasteiger partial charge >= 0.3 is 0 Å². The molecule has 1 amide bonds. The van der Waals surface area contributed by atoms with Crippen LogP contribution in [0.4, 0.5) is 0 Å². The number of rotatable bonds is 1. The molecule has 0 aromatic heterocycles. The molecule has 0 spiro atoms. The van der Waals surface area contributed by atoms with E-state index in [4.69, 9.17) is 5.73 Å². The number of amides is 1. The molecule has 1 aliphatic heterocycles. The van der Waals surface area contributed by atoms with Crippen molar-refractivity contribution in [3.05, 3.63) is 0 Å². The minimum absolute atomic E-state index is 0.248. The van der Waals surface area contributed by atoms with Crippen LogP contribution in [0, 0.1) is 5.92 Å². The summed E-state index contributed by atoms with van der Waals surface area (Å²) in [5.41, 5.74) is 5.89. The van der Waals surface area contributed by atoms with Crippen molar-refractivity contribution in [2.75, 3.05) is 33.2 Å². The largest absolute Gasteiger partial charge is 0.341 e. The van der Waals surface area contributed by atoms with Gasteiger partial charge in [0, 0.05) is 31.6 Å². The van der Waals surface area contributed by atoms with Crippen LogP contribution in [0.15, 0.2) is 0 Å². The van der Waals surface area contributed by atoms with Crippen LogP contribution in [0.3, 0.4) is 0 Å². The van der Waals surface area contributed by atoms with Gasteiger partial charge in [-0.05, 0) is 45.7 Å². The van der Waals surface area contributed by atoms with Gasteiger partial charge in [-0.25, -0.2) is 0 Å². The molecule has 2 aliphatic rings. The van der Waals surface area contributed by atoms with Gasteiger partial charge in [-0.2, -0.15) is 0 Å². The Morgan fingerprint density at radius 3 is 2.47 bits per heavy atom. The number of hydrogen-bond donors (Lipinski definition) is 1. The minimum Gasteiger partial charge on any atom is -0.341 e. The quantitative estimate of drug-likeness (QED) is 0.731. The first-order chi connectivity index (χ1) is 8.16. The lowest BCUT2D eigenvalue weighted by Crippen LogP contribution is -2.41. The van der Waals surface area contributed by atoms with Crippen LogP contribution in [0.5, 0.6) is 0 Å². The molecule has 2 fully saturated rings. The van der Waals surface area contributed by atoms with Gasteiger partial charge in [-0.15, -0.1) is 0 Å².